The molecule has 0 radical (unpaired) electrons. The summed E-state index contributed by atoms with van der Waals surface area (Å²) in [5.74, 6) is -0.402. The first kappa shape index (κ1) is 28.0. The highest BCUT2D eigenvalue weighted by Gasteiger charge is 2.19. The number of hydrogen-bond donors (Lipinski definition) is 1. The molecule has 2 aromatic heterocycles. The molecular formula is C34H29N5O3. The molecule has 42 heavy (non-hydrogen) atoms. The van der Waals surface area contributed by atoms with Gasteiger partial charge in [-0.25, -0.2) is 10.4 Å². The molecule has 0 spiro atoms. The fourth-order valence-corrected chi connectivity index (χ4v) is 4.73. The standard InChI is InChI=1S/C34H29N5O3/c1-24-18-28(22-41-2)30(20-35)34(37-24)42-23-32(40)38-36-21-27-19-31(25-12-6-3-7-13-25)39(29-16-10-5-11-17-29)33(27)26-14-8-4-9-15-26/h3-19,21H,22-23H2,1-2H3,(H,38,40)/b36-21+. The molecule has 8 heteroatoms. The van der Waals surface area contributed by atoms with Gasteiger partial charge in [-0.1, -0.05) is 78.9 Å². The van der Waals surface area contributed by atoms with Crippen molar-refractivity contribution in [3.63, 3.8) is 0 Å². The summed E-state index contributed by atoms with van der Waals surface area (Å²) >= 11 is 0. The monoisotopic (exact) mass is 555 g/mol. The van der Waals surface area contributed by atoms with Crippen LogP contribution < -0.4 is 10.2 Å². The number of aryl methyl sites for hydroxylation is 1. The van der Waals surface area contributed by atoms with Gasteiger partial charge < -0.3 is 14.0 Å². The van der Waals surface area contributed by atoms with Gasteiger partial charge >= 0.3 is 0 Å². The van der Waals surface area contributed by atoms with Crippen molar-refractivity contribution in [1.29, 1.82) is 5.26 Å². The van der Waals surface area contributed by atoms with Gasteiger partial charge in [-0.3, -0.25) is 4.79 Å². The number of methoxy groups -OCH3 is 1. The number of nitriles is 1. The average Bonchev–Trinajstić information content (AvgIpc) is 3.41. The largest absolute Gasteiger partial charge is 0.467 e. The van der Waals surface area contributed by atoms with E-state index in [2.05, 4.69) is 56.5 Å². The van der Waals surface area contributed by atoms with Crippen molar-refractivity contribution >= 4 is 12.1 Å². The maximum atomic E-state index is 12.7. The lowest BCUT2D eigenvalue weighted by Crippen LogP contribution is -2.25. The summed E-state index contributed by atoms with van der Waals surface area (Å²) in [5.41, 5.74) is 9.86. The van der Waals surface area contributed by atoms with Crippen LogP contribution in [0.5, 0.6) is 5.88 Å². The first-order valence-corrected chi connectivity index (χ1v) is 13.3. The Bertz CT molecular complexity index is 1740. The Morgan fingerprint density at radius 1 is 0.976 bits per heavy atom. The predicted molar refractivity (Wildman–Crippen MR) is 162 cm³/mol. The van der Waals surface area contributed by atoms with Crippen LogP contribution in [0.1, 0.15) is 22.4 Å². The van der Waals surface area contributed by atoms with Gasteiger partial charge in [0.2, 0.25) is 5.88 Å². The van der Waals surface area contributed by atoms with E-state index in [1.807, 2.05) is 66.7 Å². The minimum atomic E-state index is -0.487. The van der Waals surface area contributed by atoms with E-state index in [1.54, 1.807) is 26.3 Å². The molecule has 0 unspecified atom stereocenters. The summed E-state index contributed by atoms with van der Waals surface area (Å²) in [6.45, 7) is 1.66. The number of nitrogens with zero attached hydrogens (tertiary/aromatic N) is 4. The molecule has 0 aliphatic carbocycles. The van der Waals surface area contributed by atoms with E-state index < -0.39 is 5.91 Å². The summed E-state index contributed by atoms with van der Waals surface area (Å²) in [6, 6.07) is 36.2. The first-order valence-electron chi connectivity index (χ1n) is 13.3. The molecule has 8 nitrogen and oxygen atoms in total. The Morgan fingerprint density at radius 2 is 1.62 bits per heavy atom. The predicted octanol–water partition coefficient (Wildman–Crippen LogP) is 6.06. The number of hydrazone groups is 1. The van der Waals surface area contributed by atoms with Crippen molar-refractivity contribution in [2.75, 3.05) is 13.7 Å². The van der Waals surface area contributed by atoms with Crippen LogP contribution in [0, 0.1) is 18.3 Å². The van der Waals surface area contributed by atoms with Gasteiger partial charge in [0.25, 0.3) is 5.91 Å². The Balaban J connectivity index is 1.44. The molecule has 1 amide bonds. The molecule has 3 aromatic carbocycles. The quantitative estimate of drug-likeness (QED) is 0.167. The average molecular weight is 556 g/mol. The molecule has 0 saturated carbocycles. The minimum absolute atomic E-state index is 0.0856. The molecule has 2 heterocycles. The number of benzene rings is 3. The second-order valence-corrected chi connectivity index (χ2v) is 9.47. The third-order valence-electron chi connectivity index (χ3n) is 6.50. The molecule has 0 fully saturated rings. The van der Waals surface area contributed by atoms with E-state index >= 15 is 0 Å². The maximum absolute atomic E-state index is 12.7. The third kappa shape index (κ3) is 6.28. The highest BCUT2D eigenvalue weighted by molar-refractivity contribution is 5.94. The number of carbonyl (C=O) groups excluding carboxylic acids is 1. The lowest BCUT2D eigenvalue weighted by Gasteiger charge is -2.15. The minimum Gasteiger partial charge on any atom is -0.467 e. The van der Waals surface area contributed by atoms with Gasteiger partial charge in [0.15, 0.2) is 6.61 Å². The SMILES string of the molecule is COCc1cc(C)nc(OCC(=O)N/N=C/c2cc(-c3ccccc3)n(-c3ccccc3)c2-c2ccccc2)c1C#N. The fraction of sp³-hybridized carbons (Fsp3) is 0.118. The van der Waals surface area contributed by atoms with Crippen LogP contribution in [0.2, 0.25) is 0 Å². The topological polar surface area (TPSA) is 102 Å². The van der Waals surface area contributed by atoms with Crippen molar-refractivity contribution in [2.24, 2.45) is 5.10 Å². The Kier molecular flexibility index (Phi) is 8.82. The number of nitrogens with one attached hydrogen (secondary N) is 1. The van der Waals surface area contributed by atoms with Crippen LogP contribution in [0.3, 0.4) is 0 Å². The second kappa shape index (κ2) is 13.2. The zero-order valence-electron chi connectivity index (χ0n) is 23.3. The van der Waals surface area contributed by atoms with E-state index in [-0.39, 0.29) is 24.7 Å². The Morgan fingerprint density at radius 3 is 2.26 bits per heavy atom. The number of aromatic nitrogens is 2. The molecule has 5 aromatic rings. The molecule has 0 saturated heterocycles. The zero-order valence-corrected chi connectivity index (χ0v) is 23.3. The third-order valence-corrected chi connectivity index (χ3v) is 6.50. The molecule has 208 valence electrons. The summed E-state index contributed by atoms with van der Waals surface area (Å²) in [7, 11) is 1.54. The van der Waals surface area contributed by atoms with Crippen LogP contribution in [0.25, 0.3) is 28.2 Å². The summed E-state index contributed by atoms with van der Waals surface area (Å²) in [4.78, 5) is 17.0. The number of hydrogen-bond acceptors (Lipinski definition) is 6. The molecule has 0 atom stereocenters. The number of rotatable bonds is 10. The van der Waals surface area contributed by atoms with Crippen molar-refractivity contribution in [2.45, 2.75) is 13.5 Å². The first-order chi connectivity index (χ1) is 20.6. The Labute approximate surface area is 244 Å². The molecular weight excluding hydrogens is 526 g/mol. The van der Waals surface area contributed by atoms with Crippen molar-refractivity contribution < 1.29 is 14.3 Å². The van der Waals surface area contributed by atoms with Crippen LogP contribution in [0.4, 0.5) is 0 Å². The highest BCUT2D eigenvalue weighted by atomic mass is 16.5. The molecule has 0 bridgehead atoms. The van der Waals surface area contributed by atoms with E-state index in [9.17, 15) is 10.1 Å². The summed E-state index contributed by atoms with van der Waals surface area (Å²) in [6.07, 6.45) is 1.63. The van der Waals surface area contributed by atoms with Crippen LogP contribution in [0.15, 0.2) is 108 Å². The van der Waals surface area contributed by atoms with Gasteiger partial charge in [0.1, 0.15) is 11.6 Å². The smallest absolute Gasteiger partial charge is 0.278 e. The molecule has 5 rings (SSSR count). The lowest BCUT2D eigenvalue weighted by atomic mass is 10.1. The van der Waals surface area contributed by atoms with E-state index in [0.717, 1.165) is 33.8 Å². The maximum Gasteiger partial charge on any atom is 0.278 e. The van der Waals surface area contributed by atoms with Crippen molar-refractivity contribution in [1.82, 2.24) is 15.0 Å². The number of pyridine rings is 1. The Hall–Kier alpha value is -5.52. The van der Waals surface area contributed by atoms with E-state index in [4.69, 9.17) is 9.47 Å². The van der Waals surface area contributed by atoms with Crippen molar-refractivity contribution in [3.8, 4) is 40.2 Å². The molecule has 0 aliphatic heterocycles. The fourth-order valence-electron chi connectivity index (χ4n) is 4.73. The number of ether oxygens (including phenoxy) is 2. The van der Waals surface area contributed by atoms with Gasteiger partial charge in [0, 0.05) is 29.6 Å². The molecule has 1 N–H and O–H groups in total. The number of carbonyl (C=O) groups is 1. The zero-order chi connectivity index (χ0) is 29.3. The van der Waals surface area contributed by atoms with Crippen LogP contribution in [-0.4, -0.2) is 35.4 Å². The summed E-state index contributed by atoms with van der Waals surface area (Å²) < 4.78 is 13.0. The highest BCUT2D eigenvalue weighted by Crippen LogP contribution is 2.35. The van der Waals surface area contributed by atoms with E-state index in [0.29, 0.717) is 11.3 Å². The molecule has 0 aliphatic rings. The van der Waals surface area contributed by atoms with Crippen molar-refractivity contribution in [3.05, 3.63) is 126 Å². The van der Waals surface area contributed by atoms with Gasteiger partial charge in [0.05, 0.1) is 24.2 Å². The number of para-hydroxylation sites is 1. The summed E-state index contributed by atoms with van der Waals surface area (Å²) in [5, 5.41) is 13.9. The van der Waals surface area contributed by atoms with Crippen LogP contribution >= 0.6 is 0 Å². The second-order valence-electron chi connectivity index (χ2n) is 9.47. The van der Waals surface area contributed by atoms with Gasteiger partial charge in [-0.05, 0) is 42.3 Å². The lowest BCUT2D eigenvalue weighted by molar-refractivity contribution is -0.123. The van der Waals surface area contributed by atoms with Gasteiger partial charge in [-0.2, -0.15) is 10.4 Å². The number of amides is 1. The van der Waals surface area contributed by atoms with Gasteiger partial charge in [-0.15, -0.1) is 0 Å². The van der Waals surface area contributed by atoms with E-state index in [1.165, 1.54) is 0 Å². The van der Waals surface area contributed by atoms with Crippen LogP contribution in [-0.2, 0) is 16.1 Å². The normalized spacial score (nSPS) is 10.9.